The van der Waals surface area contributed by atoms with Crippen molar-refractivity contribution in [2.45, 2.75) is 12.8 Å². The fraction of sp³-hybridized carbons (Fsp3) is 0.438. The van der Waals surface area contributed by atoms with Crippen molar-refractivity contribution in [3.8, 4) is 0 Å². The molecule has 1 fully saturated rings. The zero-order valence-electron chi connectivity index (χ0n) is 11.9. The first kappa shape index (κ1) is 15.1. The Hall–Kier alpha value is -1.82. The highest BCUT2D eigenvalue weighted by molar-refractivity contribution is 5.92. The topological polar surface area (TPSA) is 41.1 Å². The number of benzene rings is 1. The number of allylic oxidation sites excluding steroid dienone is 2. The first-order chi connectivity index (χ1) is 10.5. The van der Waals surface area contributed by atoms with Gasteiger partial charge in [0, 0.05) is 0 Å². The smallest absolute Gasteiger partial charge is 0.238 e. The van der Waals surface area contributed by atoms with Crippen LogP contribution in [-0.2, 0) is 4.79 Å². The predicted octanol–water partition coefficient (Wildman–Crippen LogP) is 2.84. The number of rotatable bonds is 5. The van der Waals surface area contributed by atoms with Crippen molar-refractivity contribution in [1.29, 1.82) is 0 Å². The lowest BCUT2D eigenvalue weighted by Gasteiger charge is -2.18. The summed E-state index contributed by atoms with van der Waals surface area (Å²) in [7, 11) is 0. The van der Waals surface area contributed by atoms with E-state index >= 15 is 0 Å². The van der Waals surface area contributed by atoms with Crippen LogP contribution in [0, 0.1) is 35.2 Å². The summed E-state index contributed by atoms with van der Waals surface area (Å²) in [5.74, 6) is -2.94. The molecule has 22 heavy (non-hydrogen) atoms. The third-order valence-electron chi connectivity index (χ3n) is 4.42. The minimum atomic E-state index is -1.58. The molecular formula is C16H17F3N2O. The van der Waals surface area contributed by atoms with Crippen LogP contribution >= 0.6 is 0 Å². The summed E-state index contributed by atoms with van der Waals surface area (Å²) in [6.45, 7) is 0.731. The Balaban J connectivity index is 1.47. The molecule has 1 aromatic rings. The summed E-state index contributed by atoms with van der Waals surface area (Å²) >= 11 is 0. The molecule has 2 aliphatic carbocycles. The molecule has 2 N–H and O–H groups in total. The van der Waals surface area contributed by atoms with Gasteiger partial charge in [0.15, 0.2) is 17.5 Å². The lowest BCUT2D eigenvalue weighted by atomic mass is 9.94. The molecule has 3 unspecified atom stereocenters. The molecule has 2 aliphatic rings. The van der Waals surface area contributed by atoms with Crippen LogP contribution in [0.2, 0.25) is 0 Å². The molecule has 3 nitrogen and oxygen atoms in total. The van der Waals surface area contributed by atoms with E-state index in [2.05, 4.69) is 22.8 Å². The van der Waals surface area contributed by atoms with Crippen molar-refractivity contribution in [3.05, 3.63) is 41.7 Å². The van der Waals surface area contributed by atoms with Crippen molar-refractivity contribution >= 4 is 11.6 Å². The molecule has 2 bridgehead atoms. The summed E-state index contributed by atoms with van der Waals surface area (Å²) in [6.07, 6.45) is 6.81. The third kappa shape index (κ3) is 3.02. The predicted molar refractivity (Wildman–Crippen MR) is 76.7 cm³/mol. The Labute approximate surface area is 126 Å². The molecule has 0 heterocycles. The normalized spacial score (nSPS) is 25.7. The number of amides is 1. The van der Waals surface area contributed by atoms with Crippen LogP contribution < -0.4 is 10.6 Å². The van der Waals surface area contributed by atoms with Gasteiger partial charge in [-0.2, -0.15) is 0 Å². The lowest BCUT2D eigenvalue weighted by molar-refractivity contribution is -0.115. The molecule has 0 radical (unpaired) electrons. The summed E-state index contributed by atoms with van der Waals surface area (Å²) in [5.41, 5.74) is -0.353. The standard InChI is InChI=1S/C16H17F3N2O/c17-12-3-4-13(16(19)15(12)18)21-14(22)8-20-7-11-6-9-1-2-10(11)5-9/h1-4,9-11,20H,5-8H2,(H,21,22). The molecule has 3 rings (SSSR count). The number of nitrogens with one attached hydrogen (secondary N) is 2. The van der Waals surface area contributed by atoms with E-state index < -0.39 is 23.4 Å². The maximum Gasteiger partial charge on any atom is 0.238 e. The van der Waals surface area contributed by atoms with Crippen molar-refractivity contribution in [2.75, 3.05) is 18.4 Å². The number of halogens is 3. The minimum Gasteiger partial charge on any atom is -0.322 e. The first-order valence-corrected chi connectivity index (χ1v) is 7.37. The molecule has 6 heteroatoms. The monoisotopic (exact) mass is 310 g/mol. The Bertz CT molecular complexity index is 618. The van der Waals surface area contributed by atoms with Crippen LogP contribution in [0.3, 0.4) is 0 Å². The molecule has 1 saturated carbocycles. The van der Waals surface area contributed by atoms with Gasteiger partial charge in [0.1, 0.15) is 0 Å². The van der Waals surface area contributed by atoms with E-state index in [4.69, 9.17) is 0 Å². The maximum absolute atomic E-state index is 13.4. The molecule has 0 aromatic heterocycles. The third-order valence-corrected chi connectivity index (χ3v) is 4.42. The van der Waals surface area contributed by atoms with Gasteiger partial charge in [-0.25, -0.2) is 13.2 Å². The summed E-state index contributed by atoms with van der Waals surface area (Å²) in [4.78, 5) is 11.7. The summed E-state index contributed by atoms with van der Waals surface area (Å²) in [5, 5.41) is 5.28. The van der Waals surface area contributed by atoms with Crippen LogP contribution in [0.25, 0.3) is 0 Å². The molecule has 1 amide bonds. The SMILES string of the molecule is O=C(CNCC1CC2C=CC1C2)Nc1ccc(F)c(F)c1F. The zero-order chi connectivity index (χ0) is 15.7. The number of carbonyl (C=O) groups is 1. The fourth-order valence-corrected chi connectivity index (χ4v) is 3.32. The van der Waals surface area contributed by atoms with Gasteiger partial charge in [-0.05, 0) is 49.3 Å². The number of hydrogen-bond donors (Lipinski definition) is 2. The van der Waals surface area contributed by atoms with E-state index in [9.17, 15) is 18.0 Å². The molecule has 118 valence electrons. The van der Waals surface area contributed by atoms with E-state index in [1.165, 1.54) is 6.42 Å². The summed E-state index contributed by atoms with van der Waals surface area (Å²) in [6, 6.07) is 1.79. The lowest BCUT2D eigenvalue weighted by Crippen LogP contribution is -2.33. The van der Waals surface area contributed by atoms with Crippen LogP contribution in [-0.4, -0.2) is 19.0 Å². The van der Waals surface area contributed by atoms with E-state index in [1.54, 1.807) is 0 Å². The van der Waals surface area contributed by atoms with Crippen molar-refractivity contribution in [2.24, 2.45) is 17.8 Å². The van der Waals surface area contributed by atoms with Crippen LogP contribution in [0.15, 0.2) is 24.3 Å². The zero-order valence-corrected chi connectivity index (χ0v) is 11.9. The largest absolute Gasteiger partial charge is 0.322 e. The Morgan fingerprint density at radius 3 is 2.64 bits per heavy atom. The maximum atomic E-state index is 13.4. The molecule has 0 saturated heterocycles. The van der Waals surface area contributed by atoms with Crippen molar-refractivity contribution < 1.29 is 18.0 Å². The van der Waals surface area contributed by atoms with Crippen LogP contribution in [0.4, 0.5) is 18.9 Å². The highest BCUT2D eigenvalue weighted by atomic mass is 19.2. The van der Waals surface area contributed by atoms with Crippen molar-refractivity contribution in [3.63, 3.8) is 0 Å². The Morgan fingerprint density at radius 1 is 1.14 bits per heavy atom. The van der Waals surface area contributed by atoms with Crippen LogP contribution in [0.1, 0.15) is 12.8 Å². The molecule has 1 aromatic carbocycles. The molecular weight excluding hydrogens is 293 g/mol. The van der Waals surface area contributed by atoms with Gasteiger partial charge >= 0.3 is 0 Å². The fourth-order valence-electron chi connectivity index (χ4n) is 3.32. The second kappa shape index (κ2) is 6.12. The molecule has 0 spiro atoms. The van der Waals surface area contributed by atoms with E-state index in [0.717, 1.165) is 25.1 Å². The van der Waals surface area contributed by atoms with Gasteiger partial charge in [-0.1, -0.05) is 12.2 Å². The Morgan fingerprint density at radius 2 is 1.95 bits per heavy atom. The highest BCUT2D eigenvalue weighted by Crippen LogP contribution is 2.42. The first-order valence-electron chi connectivity index (χ1n) is 7.37. The van der Waals surface area contributed by atoms with E-state index in [0.29, 0.717) is 17.8 Å². The summed E-state index contributed by atoms with van der Waals surface area (Å²) < 4.78 is 39.3. The minimum absolute atomic E-state index is 0.00996. The van der Waals surface area contributed by atoms with Gasteiger partial charge in [0.05, 0.1) is 12.2 Å². The van der Waals surface area contributed by atoms with Gasteiger partial charge < -0.3 is 10.6 Å². The number of fused-ring (bicyclic) bond motifs is 2. The van der Waals surface area contributed by atoms with Crippen LogP contribution in [0.5, 0.6) is 0 Å². The number of carbonyl (C=O) groups excluding carboxylic acids is 1. The van der Waals surface area contributed by atoms with Gasteiger partial charge in [0.2, 0.25) is 5.91 Å². The second-order valence-corrected chi connectivity index (χ2v) is 5.94. The average Bonchev–Trinajstić information content (AvgIpc) is 3.11. The Kier molecular flexibility index (Phi) is 4.20. The quantitative estimate of drug-likeness (QED) is 0.648. The van der Waals surface area contributed by atoms with Gasteiger partial charge in [-0.15, -0.1) is 0 Å². The average molecular weight is 310 g/mol. The second-order valence-electron chi connectivity index (χ2n) is 5.94. The highest BCUT2D eigenvalue weighted by Gasteiger charge is 2.35. The number of hydrogen-bond acceptors (Lipinski definition) is 2. The molecule has 3 atom stereocenters. The van der Waals surface area contributed by atoms with Crippen molar-refractivity contribution in [1.82, 2.24) is 5.32 Å². The van der Waals surface area contributed by atoms with E-state index in [1.807, 2.05) is 0 Å². The molecule has 0 aliphatic heterocycles. The number of anilines is 1. The van der Waals surface area contributed by atoms with E-state index in [-0.39, 0.29) is 12.2 Å². The van der Waals surface area contributed by atoms with Gasteiger partial charge in [0.25, 0.3) is 0 Å². The van der Waals surface area contributed by atoms with Gasteiger partial charge in [-0.3, -0.25) is 4.79 Å².